The molecule has 0 aliphatic heterocycles. The van der Waals surface area contributed by atoms with Crippen molar-refractivity contribution in [1.29, 1.82) is 0 Å². The van der Waals surface area contributed by atoms with Crippen LogP contribution in [0.4, 0.5) is 8.78 Å². The minimum atomic E-state index is -3.12. The summed E-state index contributed by atoms with van der Waals surface area (Å²) < 4.78 is 49.9. The van der Waals surface area contributed by atoms with E-state index in [-0.39, 0.29) is 25.0 Å². The number of rotatable bonds is 11. The van der Waals surface area contributed by atoms with Gasteiger partial charge in [-0.2, -0.15) is 0 Å². The molecule has 5 rings (SSSR count). The average Bonchev–Trinajstić information content (AvgIpc) is 3.00. The van der Waals surface area contributed by atoms with E-state index in [2.05, 4.69) is 0 Å². The van der Waals surface area contributed by atoms with Gasteiger partial charge in [-0.1, -0.05) is 96.5 Å². The van der Waals surface area contributed by atoms with Crippen molar-refractivity contribution in [3.63, 3.8) is 0 Å². The SMILES string of the molecule is CCOc1ccc(Cc2cc(C3C[C@@H](OCc4ccccc4)C/C(=C\OCc4ccccc4)C3(F)F)ccc2Cl)cc1. The molecule has 0 amide bonds. The van der Waals surface area contributed by atoms with Gasteiger partial charge in [0.05, 0.1) is 31.5 Å². The zero-order valence-electron chi connectivity index (χ0n) is 23.6. The highest BCUT2D eigenvalue weighted by molar-refractivity contribution is 6.31. The summed E-state index contributed by atoms with van der Waals surface area (Å²) in [4.78, 5) is 0. The smallest absolute Gasteiger partial charge is 0.279 e. The Bertz CT molecular complexity index is 1460. The van der Waals surface area contributed by atoms with E-state index in [1.165, 1.54) is 6.26 Å². The third-order valence-electron chi connectivity index (χ3n) is 7.56. The maximum Gasteiger partial charge on any atom is 0.279 e. The lowest BCUT2D eigenvalue weighted by molar-refractivity contribution is -0.0639. The topological polar surface area (TPSA) is 27.7 Å². The van der Waals surface area contributed by atoms with Gasteiger partial charge < -0.3 is 14.2 Å². The Labute approximate surface area is 251 Å². The Morgan fingerprint density at radius 3 is 2.17 bits per heavy atom. The van der Waals surface area contributed by atoms with Crippen molar-refractivity contribution >= 4 is 11.6 Å². The van der Waals surface area contributed by atoms with Crippen molar-refractivity contribution in [2.75, 3.05) is 6.61 Å². The fourth-order valence-corrected chi connectivity index (χ4v) is 5.52. The minimum absolute atomic E-state index is 0.0595. The summed E-state index contributed by atoms with van der Waals surface area (Å²) >= 11 is 6.57. The molecule has 4 aromatic carbocycles. The molecular formula is C36H35ClF2O3. The van der Waals surface area contributed by atoms with Gasteiger partial charge in [-0.15, -0.1) is 0 Å². The average molecular weight is 589 g/mol. The van der Waals surface area contributed by atoms with Gasteiger partial charge >= 0.3 is 0 Å². The summed E-state index contributed by atoms with van der Waals surface area (Å²) in [5, 5.41) is 0.547. The molecule has 2 atom stereocenters. The summed E-state index contributed by atoms with van der Waals surface area (Å²) in [6.45, 7) is 3.10. The maximum absolute atomic E-state index is 16.2. The zero-order chi connectivity index (χ0) is 29.4. The van der Waals surface area contributed by atoms with Crippen molar-refractivity contribution in [1.82, 2.24) is 0 Å². The van der Waals surface area contributed by atoms with E-state index < -0.39 is 17.9 Å². The molecule has 6 heteroatoms. The molecule has 4 aromatic rings. The highest BCUT2D eigenvalue weighted by Gasteiger charge is 2.50. The molecule has 1 saturated carbocycles. The molecule has 3 nitrogen and oxygen atoms in total. The van der Waals surface area contributed by atoms with Crippen LogP contribution in [-0.4, -0.2) is 18.6 Å². The van der Waals surface area contributed by atoms with E-state index in [4.69, 9.17) is 25.8 Å². The molecule has 0 heterocycles. The van der Waals surface area contributed by atoms with Crippen LogP contribution in [0.1, 0.15) is 53.5 Å². The van der Waals surface area contributed by atoms with E-state index in [9.17, 15) is 0 Å². The first kappa shape index (κ1) is 29.8. The Morgan fingerprint density at radius 1 is 0.833 bits per heavy atom. The van der Waals surface area contributed by atoms with Crippen LogP contribution in [0.3, 0.4) is 0 Å². The summed E-state index contributed by atoms with van der Waals surface area (Å²) in [6.07, 6.45) is 1.65. The van der Waals surface area contributed by atoms with E-state index >= 15 is 8.78 Å². The Kier molecular flexibility index (Phi) is 9.93. The second-order valence-electron chi connectivity index (χ2n) is 10.6. The van der Waals surface area contributed by atoms with Crippen LogP contribution in [0.25, 0.3) is 0 Å². The number of hydrogen-bond acceptors (Lipinski definition) is 3. The Morgan fingerprint density at radius 2 is 1.50 bits per heavy atom. The van der Waals surface area contributed by atoms with Gasteiger partial charge in [-0.25, -0.2) is 8.78 Å². The summed E-state index contributed by atoms with van der Waals surface area (Å²) in [7, 11) is 0. The maximum atomic E-state index is 16.2. The van der Waals surface area contributed by atoms with Crippen molar-refractivity contribution in [3.8, 4) is 5.75 Å². The monoisotopic (exact) mass is 588 g/mol. The molecule has 0 aromatic heterocycles. The van der Waals surface area contributed by atoms with E-state index in [1.807, 2.05) is 97.9 Å². The third-order valence-corrected chi connectivity index (χ3v) is 7.93. The molecule has 0 N–H and O–H groups in total. The van der Waals surface area contributed by atoms with Gasteiger partial charge in [-0.3, -0.25) is 0 Å². The molecule has 1 fully saturated rings. The summed E-state index contributed by atoms with van der Waals surface area (Å²) in [5.41, 5.74) is 4.21. The first-order valence-corrected chi connectivity index (χ1v) is 14.7. The second kappa shape index (κ2) is 14.0. The van der Waals surface area contributed by atoms with Gasteiger partial charge in [0.25, 0.3) is 5.92 Å². The lowest BCUT2D eigenvalue weighted by atomic mass is 9.76. The molecule has 0 radical (unpaired) electrons. The minimum Gasteiger partial charge on any atom is -0.496 e. The first-order chi connectivity index (χ1) is 20.4. The van der Waals surface area contributed by atoms with Gasteiger partial charge in [0.1, 0.15) is 12.4 Å². The van der Waals surface area contributed by atoms with Gasteiger partial charge in [0, 0.05) is 17.0 Å². The largest absolute Gasteiger partial charge is 0.496 e. The molecule has 0 bridgehead atoms. The first-order valence-electron chi connectivity index (χ1n) is 14.3. The van der Waals surface area contributed by atoms with Crippen molar-refractivity contribution in [2.45, 2.75) is 57.3 Å². The van der Waals surface area contributed by atoms with Crippen LogP contribution < -0.4 is 4.74 Å². The van der Waals surface area contributed by atoms with Crippen LogP contribution >= 0.6 is 11.6 Å². The van der Waals surface area contributed by atoms with Crippen LogP contribution in [-0.2, 0) is 29.1 Å². The lowest BCUT2D eigenvalue weighted by Gasteiger charge is -2.38. The van der Waals surface area contributed by atoms with Gasteiger partial charge in [0.15, 0.2) is 0 Å². The lowest BCUT2D eigenvalue weighted by Crippen LogP contribution is -2.39. The summed E-state index contributed by atoms with van der Waals surface area (Å²) in [6, 6.07) is 32.3. The molecule has 42 heavy (non-hydrogen) atoms. The van der Waals surface area contributed by atoms with Gasteiger partial charge in [0.2, 0.25) is 0 Å². The van der Waals surface area contributed by atoms with Gasteiger partial charge in [-0.05, 0) is 65.8 Å². The quantitative estimate of drug-likeness (QED) is 0.163. The molecule has 1 unspecified atom stereocenters. The fourth-order valence-electron chi connectivity index (χ4n) is 5.34. The van der Waals surface area contributed by atoms with Crippen molar-refractivity contribution in [2.24, 2.45) is 0 Å². The standard InChI is InChI=1S/C36H35ClF2O3/c1-2-41-32-16-13-26(14-17-32)19-30-20-29(15-18-35(30)37)34-22-33(42-24-28-11-7-4-8-12-28)21-31(36(34,38)39)25-40-23-27-9-5-3-6-10-27/h3-18,20,25,33-34H,2,19,21-24H2,1H3/b31-25+/t33-,34?/m0/s1. The van der Waals surface area contributed by atoms with Crippen LogP contribution in [0.2, 0.25) is 5.02 Å². The van der Waals surface area contributed by atoms with E-state index in [1.54, 1.807) is 12.1 Å². The third kappa shape index (κ3) is 7.58. The molecule has 1 aliphatic rings. The highest BCUT2D eigenvalue weighted by Crippen LogP contribution is 2.49. The van der Waals surface area contributed by atoms with Crippen molar-refractivity contribution < 1.29 is 23.0 Å². The molecule has 218 valence electrons. The normalized spacial score (nSPS) is 19.0. The number of benzene rings is 4. The predicted octanol–water partition coefficient (Wildman–Crippen LogP) is 9.53. The predicted molar refractivity (Wildman–Crippen MR) is 163 cm³/mol. The number of hydrogen-bond donors (Lipinski definition) is 0. The molecule has 0 saturated heterocycles. The Balaban J connectivity index is 1.39. The molecule has 1 aliphatic carbocycles. The highest BCUT2D eigenvalue weighted by atomic mass is 35.5. The molecule has 0 spiro atoms. The summed E-state index contributed by atoms with van der Waals surface area (Å²) in [5.74, 6) is -3.42. The number of alkyl halides is 2. The molecular weight excluding hydrogens is 554 g/mol. The Hall–Kier alpha value is -3.67. The van der Waals surface area contributed by atoms with Crippen LogP contribution in [0.15, 0.2) is 115 Å². The van der Waals surface area contributed by atoms with E-state index in [0.29, 0.717) is 30.2 Å². The van der Waals surface area contributed by atoms with Crippen LogP contribution in [0.5, 0.6) is 5.75 Å². The van der Waals surface area contributed by atoms with Crippen molar-refractivity contribution in [3.05, 3.63) is 148 Å². The number of ether oxygens (including phenoxy) is 3. The second-order valence-corrected chi connectivity index (χ2v) is 11.0. The van der Waals surface area contributed by atoms with Crippen LogP contribution in [0, 0.1) is 0 Å². The number of halogens is 3. The van der Waals surface area contributed by atoms with E-state index in [0.717, 1.165) is 28.0 Å². The zero-order valence-corrected chi connectivity index (χ0v) is 24.4. The fraction of sp³-hybridized carbons (Fsp3) is 0.278.